The summed E-state index contributed by atoms with van der Waals surface area (Å²) < 4.78 is 11.5. The Morgan fingerprint density at radius 2 is 1.80 bits per heavy atom. The van der Waals surface area contributed by atoms with Gasteiger partial charge in [0.25, 0.3) is 23.4 Å². The molecular formula is C28H23BrN4O8. The van der Waals surface area contributed by atoms with Crippen LogP contribution in [-0.2, 0) is 14.4 Å². The van der Waals surface area contributed by atoms with Gasteiger partial charge < -0.3 is 14.8 Å². The fourth-order valence-electron chi connectivity index (χ4n) is 4.02. The number of nitrogens with one attached hydrogen (secondary N) is 2. The predicted molar refractivity (Wildman–Crippen MR) is 153 cm³/mol. The minimum atomic E-state index is -0.993. The quantitative estimate of drug-likeness (QED) is 0.159. The van der Waals surface area contributed by atoms with Crippen molar-refractivity contribution in [3.63, 3.8) is 0 Å². The molecule has 41 heavy (non-hydrogen) atoms. The van der Waals surface area contributed by atoms with Gasteiger partial charge in [-0.1, -0.05) is 17.7 Å². The van der Waals surface area contributed by atoms with Crippen molar-refractivity contribution >= 4 is 62.8 Å². The number of amides is 5. The molecule has 0 unspecified atom stereocenters. The second-order valence-electron chi connectivity index (χ2n) is 8.92. The van der Waals surface area contributed by atoms with Gasteiger partial charge >= 0.3 is 6.03 Å². The molecule has 4 rings (SSSR count). The monoisotopic (exact) mass is 622 g/mol. The van der Waals surface area contributed by atoms with Gasteiger partial charge in [-0.3, -0.25) is 29.8 Å². The van der Waals surface area contributed by atoms with Crippen molar-refractivity contribution in [3.8, 4) is 11.5 Å². The molecule has 12 nitrogen and oxygen atoms in total. The van der Waals surface area contributed by atoms with E-state index in [0.717, 1.165) is 23.3 Å². The van der Waals surface area contributed by atoms with Gasteiger partial charge in [0.2, 0.25) is 0 Å². The van der Waals surface area contributed by atoms with Gasteiger partial charge in [-0.15, -0.1) is 0 Å². The van der Waals surface area contributed by atoms with Crippen molar-refractivity contribution in [2.75, 3.05) is 23.9 Å². The zero-order chi connectivity index (χ0) is 29.8. The van der Waals surface area contributed by atoms with Crippen LogP contribution in [0.5, 0.6) is 11.5 Å². The number of ether oxygens (including phenoxy) is 2. The number of hydrogen-bond donors (Lipinski definition) is 2. The maximum atomic E-state index is 13.2. The minimum absolute atomic E-state index is 0.0399. The van der Waals surface area contributed by atoms with Crippen LogP contribution in [0.2, 0.25) is 0 Å². The zero-order valence-corrected chi connectivity index (χ0v) is 23.6. The third-order valence-electron chi connectivity index (χ3n) is 5.99. The van der Waals surface area contributed by atoms with Gasteiger partial charge in [0.1, 0.15) is 5.57 Å². The van der Waals surface area contributed by atoms with E-state index in [1.54, 1.807) is 12.1 Å². The minimum Gasteiger partial charge on any atom is -0.493 e. The second kappa shape index (κ2) is 12.0. The SMILES string of the molecule is COc1cc(/C=C2/C(=O)NC(=O)N(c3ccc([N+](=O)[O-])cc3)C2=O)cc(Br)c1OCC(=O)Nc1ccc(C)cc1C. The Morgan fingerprint density at radius 1 is 1.10 bits per heavy atom. The Kier molecular flexibility index (Phi) is 8.48. The van der Waals surface area contributed by atoms with E-state index in [2.05, 4.69) is 26.6 Å². The molecule has 0 bridgehead atoms. The Bertz CT molecular complexity index is 1620. The first-order valence-corrected chi connectivity index (χ1v) is 12.8. The van der Waals surface area contributed by atoms with Gasteiger partial charge in [0, 0.05) is 17.8 Å². The molecule has 0 atom stereocenters. The van der Waals surface area contributed by atoms with Gasteiger partial charge in [-0.05, 0) is 77.3 Å². The average Bonchev–Trinajstić information content (AvgIpc) is 2.92. The van der Waals surface area contributed by atoms with Crippen molar-refractivity contribution in [1.29, 1.82) is 0 Å². The average molecular weight is 623 g/mol. The number of hydrogen-bond acceptors (Lipinski definition) is 8. The van der Waals surface area contributed by atoms with Crippen molar-refractivity contribution in [2.24, 2.45) is 0 Å². The molecule has 5 amide bonds. The van der Waals surface area contributed by atoms with Crippen LogP contribution in [0, 0.1) is 24.0 Å². The maximum Gasteiger partial charge on any atom is 0.335 e. The number of urea groups is 1. The number of rotatable bonds is 8. The number of carbonyl (C=O) groups excluding carboxylic acids is 4. The topological polar surface area (TPSA) is 157 Å². The first-order valence-electron chi connectivity index (χ1n) is 12.0. The van der Waals surface area contributed by atoms with E-state index in [1.165, 1.54) is 31.4 Å². The summed E-state index contributed by atoms with van der Waals surface area (Å²) in [4.78, 5) is 61.7. The normalized spacial score (nSPS) is 14.1. The number of aryl methyl sites for hydroxylation is 2. The molecule has 2 N–H and O–H groups in total. The van der Waals surface area contributed by atoms with Crippen LogP contribution in [0.15, 0.2) is 64.6 Å². The molecule has 0 spiro atoms. The van der Waals surface area contributed by atoms with E-state index in [4.69, 9.17) is 9.47 Å². The molecule has 1 saturated heterocycles. The molecule has 0 radical (unpaired) electrons. The van der Waals surface area contributed by atoms with E-state index in [9.17, 15) is 29.3 Å². The molecule has 1 fully saturated rings. The molecule has 3 aromatic rings. The summed E-state index contributed by atoms with van der Waals surface area (Å²) in [6.07, 6.45) is 1.26. The largest absolute Gasteiger partial charge is 0.493 e. The number of imide groups is 2. The molecule has 3 aromatic carbocycles. The summed E-state index contributed by atoms with van der Waals surface area (Å²) in [6, 6.07) is 12.4. The van der Waals surface area contributed by atoms with Crippen LogP contribution in [0.1, 0.15) is 16.7 Å². The van der Waals surface area contributed by atoms with Crippen molar-refractivity contribution in [1.82, 2.24) is 5.32 Å². The summed E-state index contributed by atoms with van der Waals surface area (Å²) in [5.74, 6) is -1.81. The highest BCUT2D eigenvalue weighted by Gasteiger charge is 2.37. The number of non-ortho nitro benzene ring substituents is 1. The number of benzene rings is 3. The Balaban J connectivity index is 1.55. The van der Waals surface area contributed by atoms with E-state index < -0.39 is 28.7 Å². The molecule has 0 aliphatic carbocycles. The van der Waals surface area contributed by atoms with Crippen molar-refractivity contribution in [2.45, 2.75) is 13.8 Å². The van der Waals surface area contributed by atoms with E-state index >= 15 is 0 Å². The van der Waals surface area contributed by atoms with Gasteiger partial charge in [-0.2, -0.15) is 0 Å². The number of nitro benzene ring substituents is 1. The summed E-state index contributed by atoms with van der Waals surface area (Å²) in [6.45, 7) is 3.51. The number of nitro groups is 1. The lowest BCUT2D eigenvalue weighted by molar-refractivity contribution is -0.384. The van der Waals surface area contributed by atoms with Crippen LogP contribution in [0.3, 0.4) is 0 Å². The van der Waals surface area contributed by atoms with E-state index in [0.29, 0.717) is 20.6 Å². The Morgan fingerprint density at radius 3 is 2.44 bits per heavy atom. The molecule has 210 valence electrons. The highest BCUT2D eigenvalue weighted by molar-refractivity contribution is 9.10. The summed E-state index contributed by atoms with van der Waals surface area (Å²) in [5, 5.41) is 15.8. The van der Waals surface area contributed by atoms with Crippen molar-refractivity contribution < 1.29 is 33.6 Å². The van der Waals surface area contributed by atoms with Crippen LogP contribution < -0.4 is 25.0 Å². The molecule has 1 aliphatic rings. The number of nitrogens with zero attached hydrogens (tertiary/aromatic N) is 2. The molecule has 0 saturated carbocycles. The summed E-state index contributed by atoms with van der Waals surface area (Å²) in [7, 11) is 1.38. The maximum absolute atomic E-state index is 13.2. The van der Waals surface area contributed by atoms with E-state index in [1.807, 2.05) is 26.0 Å². The van der Waals surface area contributed by atoms with Crippen LogP contribution in [-0.4, -0.2) is 42.4 Å². The molecule has 13 heteroatoms. The first kappa shape index (κ1) is 29.0. The lowest BCUT2D eigenvalue weighted by Gasteiger charge is -2.26. The summed E-state index contributed by atoms with van der Waals surface area (Å²) >= 11 is 3.38. The number of methoxy groups -OCH3 is 1. The molecule has 1 aliphatic heterocycles. The van der Waals surface area contributed by atoms with Gasteiger partial charge in [-0.25, -0.2) is 9.69 Å². The molecule has 1 heterocycles. The first-order chi connectivity index (χ1) is 19.5. The Labute approximate surface area is 242 Å². The fourth-order valence-corrected chi connectivity index (χ4v) is 4.60. The fraction of sp³-hybridized carbons (Fsp3) is 0.143. The predicted octanol–water partition coefficient (Wildman–Crippen LogP) is 4.67. The molecular weight excluding hydrogens is 600 g/mol. The van der Waals surface area contributed by atoms with E-state index in [-0.39, 0.29) is 35.1 Å². The summed E-state index contributed by atoms with van der Waals surface area (Å²) in [5.41, 5.74) is 2.43. The van der Waals surface area contributed by atoms with Crippen molar-refractivity contribution in [3.05, 3.63) is 91.4 Å². The number of halogens is 1. The highest BCUT2D eigenvalue weighted by Crippen LogP contribution is 2.37. The lowest BCUT2D eigenvalue weighted by atomic mass is 10.1. The standard InChI is InChI=1S/C28H23BrN4O8/c1-15-4-9-22(16(2)10-15)30-24(34)14-41-25-21(29)12-17(13-23(25)40-3)11-20-26(35)31-28(37)32(27(20)36)18-5-7-19(8-6-18)33(38)39/h4-13H,14H2,1-3H3,(H,30,34)(H,31,35,37)/b20-11-. The lowest BCUT2D eigenvalue weighted by Crippen LogP contribution is -2.54. The smallest absolute Gasteiger partial charge is 0.335 e. The van der Waals surface area contributed by atoms with Crippen LogP contribution in [0.25, 0.3) is 6.08 Å². The van der Waals surface area contributed by atoms with Gasteiger partial charge in [0.05, 0.1) is 22.2 Å². The highest BCUT2D eigenvalue weighted by atomic mass is 79.9. The van der Waals surface area contributed by atoms with Crippen LogP contribution >= 0.6 is 15.9 Å². The van der Waals surface area contributed by atoms with Crippen LogP contribution in [0.4, 0.5) is 21.9 Å². The van der Waals surface area contributed by atoms with Gasteiger partial charge in [0.15, 0.2) is 18.1 Å². The Hall–Kier alpha value is -5.04. The number of carbonyl (C=O) groups is 4. The number of barbiturate groups is 1. The zero-order valence-electron chi connectivity index (χ0n) is 22.0. The number of anilines is 2. The second-order valence-corrected chi connectivity index (χ2v) is 9.78. The third kappa shape index (κ3) is 6.41. The molecule has 0 aromatic heterocycles. The third-order valence-corrected chi connectivity index (χ3v) is 6.58.